The Morgan fingerprint density at radius 3 is 2.04 bits per heavy atom. The lowest BCUT2D eigenvalue weighted by Gasteiger charge is -2.33. The van der Waals surface area contributed by atoms with E-state index in [1.165, 1.54) is 0 Å². The molecule has 0 saturated heterocycles. The summed E-state index contributed by atoms with van der Waals surface area (Å²) in [7, 11) is 5.41. The summed E-state index contributed by atoms with van der Waals surface area (Å²) in [5.41, 5.74) is 11.1. The van der Waals surface area contributed by atoms with Crippen LogP contribution in [0.3, 0.4) is 0 Å². The minimum Gasteiger partial charge on any atom is -0.549 e. The van der Waals surface area contributed by atoms with Gasteiger partial charge in [0.2, 0.25) is 0 Å². The molecule has 0 spiro atoms. The van der Waals surface area contributed by atoms with Crippen molar-refractivity contribution in [1.29, 1.82) is 0 Å². The van der Waals surface area contributed by atoms with Crippen molar-refractivity contribution in [1.82, 2.24) is 0 Å². The Morgan fingerprint density at radius 1 is 1.16 bits per heavy atom. The van der Waals surface area contributed by atoms with Crippen LogP contribution in [-0.2, 0) is 19.1 Å². The molecule has 0 aromatic heterocycles. The normalized spacial score (nSPS) is 14.3. The van der Waals surface area contributed by atoms with Gasteiger partial charge in [0.25, 0.3) is 0 Å². The van der Waals surface area contributed by atoms with Gasteiger partial charge in [0.15, 0.2) is 6.10 Å². The van der Waals surface area contributed by atoms with Gasteiger partial charge in [0.05, 0.1) is 33.0 Å². The molecule has 0 bridgehead atoms. The number of ether oxygens (including phenoxy) is 1. The standard InChI is InChI=1S/C15H29N3O5.2ClH/c1-5-11(19)13(14(20)21)12(9-18(2,3)4)23-15(22)10(17)7-6-8-16;;/h10,12-13H,5-9,16-17H2,1-4H3;2*1H/t10-,12?,13?;;/m0../s1. The Balaban J connectivity index is -0.00000242. The minimum atomic E-state index is -1.54. The Morgan fingerprint density at radius 2 is 1.68 bits per heavy atom. The number of carboxylic acids is 1. The smallest absolute Gasteiger partial charge is 0.323 e. The molecule has 8 nitrogen and oxygen atoms in total. The highest BCUT2D eigenvalue weighted by Gasteiger charge is 2.36. The number of esters is 1. The van der Waals surface area contributed by atoms with E-state index in [-0.39, 0.29) is 37.8 Å². The van der Waals surface area contributed by atoms with Crippen molar-refractivity contribution in [2.75, 3.05) is 34.2 Å². The zero-order valence-electron chi connectivity index (χ0n) is 15.2. The molecule has 4 N–H and O–H groups in total. The third kappa shape index (κ3) is 11.3. The summed E-state index contributed by atoms with van der Waals surface area (Å²) in [6, 6.07) is -0.896. The number of carboxylic acid groups (broad SMARTS) is 1. The number of likely N-dealkylation sites (N-methyl/N-ethyl adjacent to an activating group) is 1. The van der Waals surface area contributed by atoms with E-state index in [4.69, 9.17) is 16.2 Å². The molecule has 150 valence electrons. The van der Waals surface area contributed by atoms with E-state index in [2.05, 4.69) is 0 Å². The fraction of sp³-hybridized carbons (Fsp3) is 0.800. The van der Waals surface area contributed by atoms with Crippen LogP contribution in [0.25, 0.3) is 0 Å². The quantitative estimate of drug-likeness (QED) is 0.252. The Bertz CT molecular complexity index is 430. The average Bonchev–Trinajstić information content (AvgIpc) is 2.42. The van der Waals surface area contributed by atoms with Gasteiger partial charge in [-0.2, -0.15) is 0 Å². The first-order chi connectivity index (χ1) is 10.5. The van der Waals surface area contributed by atoms with Gasteiger partial charge < -0.3 is 30.6 Å². The predicted molar refractivity (Wildman–Crippen MR) is 97.3 cm³/mol. The van der Waals surface area contributed by atoms with Gasteiger partial charge in [-0.3, -0.25) is 9.59 Å². The molecule has 10 heteroatoms. The second-order valence-electron chi connectivity index (χ2n) is 6.60. The van der Waals surface area contributed by atoms with E-state index in [0.29, 0.717) is 23.9 Å². The highest BCUT2D eigenvalue weighted by molar-refractivity contribution is 5.98. The maximum Gasteiger partial charge on any atom is 0.323 e. The van der Waals surface area contributed by atoms with E-state index in [1.807, 2.05) is 0 Å². The monoisotopic (exact) mass is 403 g/mol. The summed E-state index contributed by atoms with van der Waals surface area (Å²) in [4.78, 5) is 35.4. The molecule has 25 heavy (non-hydrogen) atoms. The highest BCUT2D eigenvalue weighted by atomic mass is 35.5. The average molecular weight is 404 g/mol. The van der Waals surface area contributed by atoms with E-state index in [1.54, 1.807) is 28.1 Å². The lowest BCUT2D eigenvalue weighted by atomic mass is 9.94. The molecule has 0 heterocycles. The van der Waals surface area contributed by atoms with Crippen LogP contribution in [0.2, 0.25) is 0 Å². The number of rotatable bonds is 11. The molecule has 2 unspecified atom stereocenters. The summed E-state index contributed by atoms with van der Waals surface area (Å²) < 4.78 is 5.59. The Hall–Kier alpha value is -0.930. The molecular formula is C15H31Cl2N3O5. The number of nitrogens with zero attached hydrogens (tertiary/aromatic N) is 1. The van der Waals surface area contributed by atoms with Gasteiger partial charge in [0, 0.05) is 6.42 Å². The summed E-state index contributed by atoms with van der Waals surface area (Å²) in [6.07, 6.45) is -0.217. The van der Waals surface area contributed by atoms with Crippen molar-refractivity contribution in [3.05, 3.63) is 0 Å². The van der Waals surface area contributed by atoms with Crippen molar-refractivity contribution < 1.29 is 28.7 Å². The zero-order valence-corrected chi connectivity index (χ0v) is 16.9. The third-order valence-corrected chi connectivity index (χ3v) is 3.34. The van der Waals surface area contributed by atoms with Gasteiger partial charge in [-0.05, 0) is 19.4 Å². The van der Waals surface area contributed by atoms with E-state index >= 15 is 0 Å². The molecule has 0 radical (unpaired) electrons. The molecule has 0 aliphatic carbocycles. The van der Waals surface area contributed by atoms with Crippen LogP contribution < -0.4 is 16.6 Å². The third-order valence-electron chi connectivity index (χ3n) is 3.34. The van der Waals surface area contributed by atoms with Crippen molar-refractivity contribution >= 4 is 42.5 Å². The lowest BCUT2D eigenvalue weighted by Crippen LogP contribution is -2.53. The van der Waals surface area contributed by atoms with Crippen LogP contribution in [0.15, 0.2) is 0 Å². The number of nitrogens with two attached hydrogens (primary N) is 2. The maximum atomic E-state index is 12.1. The van der Waals surface area contributed by atoms with Crippen molar-refractivity contribution in [3.8, 4) is 0 Å². The second kappa shape index (κ2) is 13.3. The first-order valence-electron chi connectivity index (χ1n) is 7.73. The van der Waals surface area contributed by atoms with Crippen LogP contribution in [0, 0.1) is 5.92 Å². The molecule has 0 aliphatic rings. The predicted octanol–water partition coefficient (Wildman–Crippen LogP) is -1.14. The molecule has 0 aromatic carbocycles. The van der Waals surface area contributed by atoms with Crippen LogP contribution >= 0.6 is 24.8 Å². The number of quaternary nitrogens is 1. The molecule has 0 amide bonds. The Kier molecular flexibility index (Phi) is 15.3. The molecular weight excluding hydrogens is 373 g/mol. The second-order valence-corrected chi connectivity index (χ2v) is 6.60. The summed E-state index contributed by atoms with van der Waals surface area (Å²) in [5, 5.41) is 11.4. The Labute approximate surface area is 161 Å². The summed E-state index contributed by atoms with van der Waals surface area (Å²) in [6.45, 7) is 2.09. The number of aliphatic carboxylic acids is 1. The first-order valence-corrected chi connectivity index (χ1v) is 7.73. The number of hydrogen-bond donors (Lipinski definition) is 2. The van der Waals surface area contributed by atoms with Gasteiger partial charge in [-0.25, -0.2) is 0 Å². The van der Waals surface area contributed by atoms with Gasteiger partial charge >= 0.3 is 5.97 Å². The van der Waals surface area contributed by atoms with Gasteiger partial charge in [-0.15, -0.1) is 24.8 Å². The first kappa shape index (κ1) is 28.9. The van der Waals surface area contributed by atoms with Crippen molar-refractivity contribution in [3.63, 3.8) is 0 Å². The molecule has 0 saturated carbocycles. The largest absolute Gasteiger partial charge is 0.549 e. The van der Waals surface area contributed by atoms with Crippen LogP contribution in [0.4, 0.5) is 0 Å². The van der Waals surface area contributed by atoms with E-state index in [0.717, 1.165) is 0 Å². The van der Waals surface area contributed by atoms with E-state index < -0.39 is 35.8 Å². The van der Waals surface area contributed by atoms with Gasteiger partial charge in [-0.1, -0.05) is 6.92 Å². The number of hydrogen-bond acceptors (Lipinski definition) is 7. The fourth-order valence-corrected chi connectivity index (χ4v) is 2.15. The topological polar surface area (TPSA) is 136 Å². The molecule has 0 aromatic rings. The minimum absolute atomic E-state index is 0. The summed E-state index contributed by atoms with van der Waals surface area (Å²) in [5.74, 6) is -4.31. The number of carbonyl (C=O) groups is 3. The molecule has 3 atom stereocenters. The van der Waals surface area contributed by atoms with Crippen LogP contribution in [-0.4, -0.2) is 68.6 Å². The fourth-order valence-electron chi connectivity index (χ4n) is 2.15. The van der Waals surface area contributed by atoms with Crippen molar-refractivity contribution in [2.24, 2.45) is 17.4 Å². The lowest BCUT2D eigenvalue weighted by molar-refractivity contribution is -0.873. The van der Waals surface area contributed by atoms with Crippen LogP contribution in [0.5, 0.6) is 0 Å². The zero-order chi connectivity index (χ0) is 18.2. The number of Topliss-reactive ketones (excluding diaryl/α,β-unsaturated/α-hetero) is 1. The molecule has 0 rings (SSSR count). The molecule has 0 fully saturated rings. The van der Waals surface area contributed by atoms with E-state index in [9.17, 15) is 19.5 Å². The van der Waals surface area contributed by atoms with Crippen LogP contribution in [0.1, 0.15) is 26.2 Å². The van der Waals surface area contributed by atoms with Crippen molar-refractivity contribution in [2.45, 2.75) is 38.3 Å². The maximum absolute atomic E-state index is 12.1. The highest BCUT2D eigenvalue weighted by Crippen LogP contribution is 2.16. The number of ketones is 1. The number of carbonyl (C=O) groups excluding carboxylic acids is 3. The van der Waals surface area contributed by atoms with Gasteiger partial charge in [0.1, 0.15) is 18.4 Å². The number of halogens is 2. The molecule has 0 aliphatic heterocycles. The summed E-state index contributed by atoms with van der Waals surface area (Å²) >= 11 is 0. The SMILES string of the molecule is CCC(=O)C(C(=O)[O-])C(C[N+](C)(C)C)OC(=O)[C@@H](N)CCCN.Cl.Cl.